The molecule has 1 aliphatic carbocycles. The van der Waals surface area contributed by atoms with Crippen LogP contribution in [0.2, 0.25) is 0 Å². The number of thiophene rings is 1. The lowest BCUT2D eigenvalue weighted by Crippen LogP contribution is -2.65. The normalized spacial score (nSPS) is 17.6. The number of amides is 6. The largest absolute Gasteiger partial charge is 0.368 e. The number of hydrogen-bond donors (Lipinski definition) is 7. The van der Waals surface area contributed by atoms with Crippen LogP contribution in [-0.2, 0) is 58.1 Å². The van der Waals surface area contributed by atoms with Gasteiger partial charge in [0.2, 0.25) is 45.5 Å². The van der Waals surface area contributed by atoms with Crippen molar-refractivity contribution in [3.05, 3.63) is 107 Å². The zero-order valence-corrected chi connectivity index (χ0v) is 38.9. The van der Waals surface area contributed by atoms with Crippen molar-refractivity contribution in [2.75, 3.05) is 19.3 Å². The van der Waals surface area contributed by atoms with Crippen LogP contribution in [0.3, 0.4) is 0 Å². The minimum atomic E-state index is -3.83. The fraction of sp³-hybridized carbons (Fsp3) is 0.458. The van der Waals surface area contributed by atoms with Crippen molar-refractivity contribution in [3.63, 3.8) is 0 Å². The van der Waals surface area contributed by atoms with Gasteiger partial charge in [-0.15, -0.1) is 11.3 Å². The first-order valence-electron chi connectivity index (χ1n) is 22.7. The predicted molar refractivity (Wildman–Crippen MR) is 254 cm³/mol. The molecule has 6 atom stereocenters. The zero-order valence-electron chi connectivity index (χ0n) is 37.3. The van der Waals surface area contributed by atoms with E-state index in [2.05, 4.69) is 26.0 Å². The van der Waals surface area contributed by atoms with Crippen LogP contribution in [0.25, 0.3) is 10.1 Å². The van der Waals surface area contributed by atoms with Crippen molar-refractivity contribution < 1.29 is 37.2 Å². The molecule has 66 heavy (non-hydrogen) atoms. The lowest BCUT2D eigenvalue weighted by atomic mass is 9.84. The molecule has 1 aliphatic heterocycles. The van der Waals surface area contributed by atoms with E-state index < -0.39 is 81.7 Å². The number of hydrogen-bond acceptors (Lipinski definition) is 10. The highest BCUT2D eigenvalue weighted by Crippen LogP contribution is 2.29. The molecule has 9 N–H and O–H groups in total. The van der Waals surface area contributed by atoms with Gasteiger partial charge in [-0.1, -0.05) is 111 Å². The van der Waals surface area contributed by atoms with Crippen molar-refractivity contribution in [1.29, 1.82) is 0 Å². The van der Waals surface area contributed by atoms with Crippen LogP contribution < -0.4 is 37.5 Å². The molecule has 354 valence electrons. The third-order valence-electron chi connectivity index (χ3n) is 12.3. The van der Waals surface area contributed by atoms with Gasteiger partial charge in [0.1, 0.15) is 36.3 Å². The molecule has 6 amide bonds. The highest BCUT2D eigenvalue weighted by Gasteiger charge is 2.42. The van der Waals surface area contributed by atoms with Crippen LogP contribution in [0.5, 0.6) is 0 Å². The minimum Gasteiger partial charge on any atom is -0.368 e. The third-order valence-corrected chi connectivity index (χ3v) is 14.1. The average molecular weight is 943 g/mol. The van der Waals surface area contributed by atoms with E-state index >= 15 is 0 Å². The molecular weight excluding hydrogens is 881 g/mol. The van der Waals surface area contributed by atoms with Gasteiger partial charge in [-0.05, 0) is 73.2 Å². The van der Waals surface area contributed by atoms with Crippen LogP contribution in [0, 0.1) is 5.92 Å². The van der Waals surface area contributed by atoms with E-state index in [0.29, 0.717) is 24.8 Å². The molecule has 6 rings (SSSR count). The summed E-state index contributed by atoms with van der Waals surface area (Å²) in [5.41, 5.74) is 13.1. The van der Waals surface area contributed by atoms with E-state index in [1.165, 1.54) is 16.2 Å². The fourth-order valence-corrected chi connectivity index (χ4v) is 10.5. The van der Waals surface area contributed by atoms with Gasteiger partial charge in [-0.3, -0.25) is 28.8 Å². The van der Waals surface area contributed by atoms with Gasteiger partial charge >= 0.3 is 0 Å². The van der Waals surface area contributed by atoms with Gasteiger partial charge in [-0.2, -0.15) is 0 Å². The molecule has 1 aromatic heterocycles. The zero-order chi connectivity index (χ0) is 47.2. The van der Waals surface area contributed by atoms with Crippen LogP contribution in [0.1, 0.15) is 73.8 Å². The van der Waals surface area contributed by atoms with E-state index in [0.717, 1.165) is 58.9 Å². The van der Waals surface area contributed by atoms with Gasteiger partial charge in [0.05, 0.1) is 6.26 Å². The quantitative estimate of drug-likeness (QED) is 0.0577. The first-order valence-corrected chi connectivity index (χ1v) is 25.4. The van der Waals surface area contributed by atoms with Gasteiger partial charge in [0.25, 0.3) is 0 Å². The smallest absolute Gasteiger partial charge is 0.245 e. The van der Waals surface area contributed by atoms with Gasteiger partial charge in [-0.25, -0.2) is 13.1 Å². The summed E-state index contributed by atoms with van der Waals surface area (Å²) < 4.78 is 28.0. The van der Waals surface area contributed by atoms with Crippen molar-refractivity contribution in [3.8, 4) is 0 Å². The summed E-state index contributed by atoms with van der Waals surface area (Å²) >= 11 is 1.48. The topological polar surface area (TPSA) is 252 Å². The second-order valence-electron chi connectivity index (χ2n) is 17.4. The Labute approximate surface area is 390 Å². The number of benzene rings is 3. The monoisotopic (exact) mass is 942 g/mol. The Morgan fingerprint density at radius 1 is 0.697 bits per heavy atom. The summed E-state index contributed by atoms with van der Waals surface area (Å²) in [6.07, 6.45) is 7.08. The van der Waals surface area contributed by atoms with Crippen LogP contribution in [0.15, 0.2) is 91.0 Å². The molecular formula is C48H62N8O8S2. The summed E-state index contributed by atoms with van der Waals surface area (Å²) in [4.78, 5) is 85.7. The first-order chi connectivity index (χ1) is 31.7. The van der Waals surface area contributed by atoms with E-state index in [1.54, 1.807) is 30.3 Å². The summed E-state index contributed by atoms with van der Waals surface area (Å²) in [5, 5.41) is 12.4. The summed E-state index contributed by atoms with van der Waals surface area (Å²) in [6.45, 7) is 0.427. The van der Waals surface area contributed by atoms with Gasteiger partial charge in [0.15, 0.2) is 0 Å². The third kappa shape index (κ3) is 14.4. The molecule has 3 aromatic carbocycles. The maximum absolute atomic E-state index is 14.5. The number of likely N-dealkylation sites (tertiary alicyclic amines) is 1. The maximum Gasteiger partial charge on any atom is 0.245 e. The Morgan fingerprint density at radius 3 is 1.86 bits per heavy atom. The van der Waals surface area contributed by atoms with E-state index in [1.807, 2.05) is 60.7 Å². The molecule has 18 heteroatoms. The van der Waals surface area contributed by atoms with Crippen LogP contribution in [-0.4, -0.2) is 104 Å². The number of rotatable bonds is 23. The average Bonchev–Trinajstić information content (AvgIpc) is 3.69. The van der Waals surface area contributed by atoms with Crippen molar-refractivity contribution in [1.82, 2.24) is 30.9 Å². The molecule has 0 spiro atoms. The number of carbonyl (C=O) groups excluding carboxylic acids is 6. The van der Waals surface area contributed by atoms with Crippen molar-refractivity contribution >= 4 is 66.9 Å². The Morgan fingerprint density at radius 2 is 1.27 bits per heavy atom. The molecule has 1 saturated carbocycles. The molecule has 1 saturated heterocycles. The van der Waals surface area contributed by atoms with E-state index in [-0.39, 0.29) is 44.7 Å². The standard InChI is InChI=1S/C48H62N8O8S2/c1-66(63,64)55-40(28-33-18-9-4-10-19-33)46(60)51-36(21-13-24-49)48(62)56-25-23-41(56)47(61)54-38(27-32-16-7-3-8-17-32)44(58)53-39(30-35-29-34-20-11-12-22-42(34)65-35)45(59)52-37(43(50)57)26-31-14-5-2-6-15-31/h2,4-6,9-12,14-15,18-20,22,29,32,36-41,55H,3,7-8,13,16-17,21,23-28,30,49H2,1H3,(H2,50,57)(H,51,60)(H,52,59)(H,53,58)(H,54,61)/t36-,37-,38+,39-,40-,41-/m0/s1. The SMILES string of the molecule is CS(=O)(=O)N[C@@H](Cc1ccccc1)C(=O)N[C@@H](CCCN)C(=O)N1CC[C@H]1C(=O)N[C@H](CC1CCCCC1)C(=O)N[C@@H](Cc1cc2ccccc2s1)C(=O)N[C@@H](Cc1ccccc1)C(N)=O. The molecule has 0 radical (unpaired) electrons. The van der Waals surface area contributed by atoms with Crippen LogP contribution in [0.4, 0.5) is 0 Å². The number of sulfonamides is 1. The second-order valence-corrected chi connectivity index (χ2v) is 20.4. The second kappa shape index (κ2) is 23.7. The molecule has 2 fully saturated rings. The van der Waals surface area contributed by atoms with Crippen molar-refractivity contribution in [2.45, 2.75) is 113 Å². The Hall–Kier alpha value is -5.69. The number of primary amides is 1. The summed E-state index contributed by atoms with van der Waals surface area (Å²) in [7, 11) is -3.83. The lowest BCUT2D eigenvalue weighted by Gasteiger charge is -2.42. The fourth-order valence-electron chi connectivity index (χ4n) is 8.69. The Kier molecular flexibility index (Phi) is 17.8. The van der Waals surface area contributed by atoms with Crippen molar-refractivity contribution in [2.24, 2.45) is 17.4 Å². The summed E-state index contributed by atoms with van der Waals surface area (Å²) in [5.74, 6) is -3.60. The summed E-state index contributed by atoms with van der Waals surface area (Å²) in [6, 6.07) is 21.2. The number of nitrogens with zero attached hydrogens (tertiary/aromatic N) is 1. The molecule has 4 aromatic rings. The number of nitrogens with two attached hydrogens (primary N) is 2. The molecule has 0 bridgehead atoms. The van der Waals surface area contributed by atoms with Gasteiger partial charge in [0, 0.05) is 29.0 Å². The number of carbonyl (C=O) groups is 6. The Bertz CT molecular complexity index is 2380. The van der Waals surface area contributed by atoms with E-state index in [4.69, 9.17) is 11.5 Å². The predicted octanol–water partition coefficient (Wildman–Crippen LogP) is 2.58. The lowest BCUT2D eigenvalue weighted by molar-refractivity contribution is -0.150. The first kappa shape index (κ1) is 49.7. The Balaban J connectivity index is 1.19. The number of fused-ring (bicyclic) bond motifs is 1. The van der Waals surface area contributed by atoms with Gasteiger partial charge < -0.3 is 37.6 Å². The molecule has 16 nitrogen and oxygen atoms in total. The highest BCUT2D eigenvalue weighted by molar-refractivity contribution is 7.88. The van der Waals surface area contributed by atoms with E-state index in [9.17, 15) is 37.2 Å². The molecule has 2 heterocycles. The van der Waals surface area contributed by atoms with Crippen LogP contribution >= 0.6 is 11.3 Å². The maximum atomic E-state index is 14.5. The minimum absolute atomic E-state index is 0.0305. The molecule has 2 aliphatic rings. The highest BCUT2D eigenvalue weighted by atomic mass is 32.2. The molecule has 0 unspecified atom stereocenters. The number of nitrogens with one attached hydrogen (secondary N) is 5.